The van der Waals surface area contributed by atoms with Crippen molar-refractivity contribution >= 4 is 40.7 Å². The van der Waals surface area contributed by atoms with E-state index < -0.39 is 0 Å². The number of carbonyl (C=O) groups excluding carboxylic acids is 1. The lowest BCUT2D eigenvalue weighted by atomic mass is 9.56. The number of hydrogen-bond donors (Lipinski definition) is 2. The van der Waals surface area contributed by atoms with Crippen LogP contribution in [0.5, 0.6) is 0 Å². The standard InChI is InChI=1S/C32H39Cl3N4O/c1-4-13-32(17-22-6-5-14-31(3,16-22)20-32)37-19-29(40)36-18-27-21(2)30(23-7-9-24(33)10-8-23)39(38-27)28-12-11-25(34)15-26(28)35/h7-12,15,22,37H,4-6,13-14,16-20H2,1-3H3,(H,36,40). The molecule has 2 saturated carbocycles. The zero-order valence-corrected chi connectivity index (χ0v) is 25.9. The SMILES string of the molecule is CCCC1(NCC(=O)NCc2nn(-c3ccc(Cl)cc3Cl)c(-c3ccc(Cl)cc3)c2C)CC2CCCC(C)(C2)C1. The molecule has 0 spiro atoms. The van der Waals surface area contributed by atoms with Crippen LogP contribution in [0.25, 0.3) is 16.9 Å². The normalized spacial score (nSPS) is 24.2. The third-order valence-electron chi connectivity index (χ3n) is 8.90. The minimum absolute atomic E-state index is 0.0112. The fraction of sp³-hybridized carbons (Fsp3) is 0.500. The van der Waals surface area contributed by atoms with Crippen molar-refractivity contribution in [3.05, 3.63) is 68.8 Å². The molecule has 2 aliphatic carbocycles. The highest BCUT2D eigenvalue weighted by atomic mass is 35.5. The Balaban J connectivity index is 1.33. The second-order valence-corrected chi connectivity index (χ2v) is 13.5. The summed E-state index contributed by atoms with van der Waals surface area (Å²) in [6.07, 6.45) is 9.88. The second kappa shape index (κ2) is 12.1. The molecule has 3 atom stereocenters. The lowest BCUT2D eigenvalue weighted by Gasteiger charge is -2.53. The fourth-order valence-corrected chi connectivity index (χ4v) is 8.00. The van der Waals surface area contributed by atoms with E-state index in [1.807, 2.05) is 41.9 Å². The van der Waals surface area contributed by atoms with Gasteiger partial charge in [0.1, 0.15) is 0 Å². The van der Waals surface area contributed by atoms with Gasteiger partial charge < -0.3 is 10.6 Å². The van der Waals surface area contributed by atoms with Gasteiger partial charge in [-0.05, 0) is 80.7 Å². The summed E-state index contributed by atoms with van der Waals surface area (Å²) in [4.78, 5) is 13.1. The third kappa shape index (κ3) is 6.38. The van der Waals surface area contributed by atoms with Crippen LogP contribution in [0.1, 0.15) is 76.5 Å². The van der Waals surface area contributed by atoms with E-state index in [1.54, 1.807) is 12.1 Å². The van der Waals surface area contributed by atoms with Crippen LogP contribution in [-0.4, -0.2) is 27.8 Å². The van der Waals surface area contributed by atoms with Crippen molar-refractivity contribution in [3.63, 3.8) is 0 Å². The molecule has 5 rings (SSSR count). The number of hydrogen-bond acceptors (Lipinski definition) is 3. The minimum atomic E-state index is -0.0112. The van der Waals surface area contributed by atoms with Crippen molar-refractivity contribution in [1.82, 2.24) is 20.4 Å². The summed E-state index contributed by atoms with van der Waals surface area (Å²) < 4.78 is 1.83. The van der Waals surface area contributed by atoms with Gasteiger partial charge in [-0.15, -0.1) is 0 Å². The van der Waals surface area contributed by atoms with Crippen LogP contribution >= 0.6 is 34.8 Å². The van der Waals surface area contributed by atoms with Gasteiger partial charge in [0.2, 0.25) is 5.91 Å². The fourth-order valence-electron chi connectivity index (χ4n) is 7.38. The van der Waals surface area contributed by atoms with Crippen LogP contribution in [0.3, 0.4) is 0 Å². The molecule has 1 aromatic heterocycles. The molecule has 0 saturated heterocycles. The van der Waals surface area contributed by atoms with Crippen molar-refractivity contribution in [2.45, 2.75) is 84.2 Å². The molecule has 2 fully saturated rings. The first-order valence-electron chi connectivity index (χ1n) is 14.4. The molecule has 1 amide bonds. The Bertz CT molecular complexity index is 1370. The van der Waals surface area contributed by atoms with E-state index in [-0.39, 0.29) is 11.4 Å². The summed E-state index contributed by atoms with van der Waals surface area (Å²) in [5.74, 6) is 0.759. The van der Waals surface area contributed by atoms with Gasteiger partial charge in [0.25, 0.3) is 0 Å². The first-order chi connectivity index (χ1) is 19.1. The van der Waals surface area contributed by atoms with E-state index in [0.717, 1.165) is 53.4 Å². The molecular formula is C32H39Cl3N4O. The Morgan fingerprint density at radius 2 is 1.85 bits per heavy atom. The van der Waals surface area contributed by atoms with Crippen molar-refractivity contribution in [2.24, 2.45) is 11.3 Å². The van der Waals surface area contributed by atoms with Gasteiger partial charge in [0.05, 0.1) is 35.2 Å². The maximum atomic E-state index is 13.1. The number of nitrogens with one attached hydrogen (secondary N) is 2. The second-order valence-electron chi connectivity index (χ2n) is 12.2. The van der Waals surface area contributed by atoms with Crippen molar-refractivity contribution in [1.29, 1.82) is 0 Å². The van der Waals surface area contributed by atoms with Gasteiger partial charge in [-0.25, -0.2) is 4.68 Å². The van der Waals surface area contributed by atoms with Gasteiger partial charge in [-0.2, -0.15) is 5.10 Å². The Kier molecular flexibility index (Phi) is 8.87. The summed E-state index contributed by atoms with van der Waals surface area (Å²) in [5.41, 5.74) is 4.77. The summed E-state index contributed by atoms with van der Waals surface area (Å²) in [7, 11) is 0. The maximum absolute atomic E-state index is 13.1. The molecular weight excluding hydrogens is 563 g/mol. The van der Waals surface area contributed by atoms with Gasteiger partial charge in [0.15, 0.2) is 0 Å². The molecule has 1 heterocycles. The van der Waals surface area contributed by atoms with Crippen molar-refractivity contribution in [2.75, 3.05) is 6.54 Å². The first kappa shape index (κ1) is 29.4. The molecule has 40 heavy (non-hydrogen) atoms. The van der Waals surface area contributed by atoms with Gasteiger partial charge in [-0.3, -0.25) is 4.79 Å². The van der Waals surface area contributed by atoms with Gasteiger partial charge in [-0.1, -0.05) is 80.0 Å². The Morgan fingerprint density at radius 3 is 2.55 bits per heavy atom. The highest BCUT2D eigenvalue weighted by Crippen LogP contribution is 2.53. The average Bonchev–Trinajstić information content (AvgIpc) is 3.22. The van der Waals surface area contributed by atoms with E-state index in [4.69, 9.17) is 39.9 Å². The van der Waals surface area contributed by atoms with E-state index >= 15 is 0 Å². The quantitative estimate of drug-likeness (QED) is 0.258. The minimum Gasteiger partial charge on any atom is -0.349 e. The van der Waals surface area contributed by atoms with Gasteiger partial charge >= 0.3 is 0 Å². The summed E-state index contributed by atoms with van der Waals surface area (Å²) >= 11 is 18.9. The van der Waals surface area contributed by atoms with E-state index in [2.05, 4.69) is 24.5 Å². The number of halogens is 3. The number of nitrogens with zero attached hydrogens (tertiary/aromatic N) is 2. The number of amides is 1. The van der Waals surface area contributed by atoms with Crippen LogP contribution in [0.15, 0.2) is 42.5 Å². The lowest BCUT2D eigenvalue weighted by molar-refractivity contribution is -0.121. The molecule has 2 bridgehead atoms. The zero-order valence-electron chi connectivity index (χ0n) is 23.6. The van der Waals surface area contributed by atoms with Gasteiger partial charge in [0, 0.05) is 26.7 Å². The summed E-state index contributed by atoms with van der Waals surface area (Å²) in [6.45, 7) is 7.37. The third-order valence-corrected chi connectivity index (χ3v) is 9.69. The smallest absolute Gasteiger partial charge is 0.234 e. The van der Waals surface area contributed by atoms with E-state index in [0.29, 0.717) is 33.6 Å². The summed E-state index contributed by atoms with van der Waals surface area (Å²) in [6, 6.07) is 13.0. The Labute approximate surface area is 253 Å². The number of rotatable bonds is 9. The number of carbonyl (C=O) groups is 1. The van der Waals surface area contributed by atoms with E-state index in [9.17, 15) is 4.79 Å². The van der Waals surface area contributed by atoms with Crippen LogP contribution in [0.4, 0.5) is 0 Å². The molecule has 3 unspecified atom stereocenters. The predicted molar refractivity (Wildman–Crippen MR) is 166 cm³/mol. The molecule has 3 aromatic rings. The molecule has 5 nitrogen and oxygen atoms in total. The topological polar surface area (TPSA) is 59.0 Å². The number of aromatic nitrogens is 2. The molecule has 2 N–H and O–H groups in total. The summed E-state index contributed by atoms with van der Waals surface area (Å²) in [5, 5.41) is 13.5. The van der Waals surface area contributed by atoms with Crippen LogP contribution in [0.2, 0.25) is 15.1 Å². The van der Waals surface area contributed by atoms with Crippen LogP contribution < -0.4 is 10.6 Å². The molecule has 2 aliphatic rings. The highest BCUT2D eigenvalue weighted by molar-refractivity contribution is 6.35. The number of benzene rings is 2. The Hall–Kier alpha value is -2.05. The first-order valence-corrected chi connectivity index (χ1v) is 15.6. The molecule has 0 aliphatic heterocycles. The Morgan fingerprint density at radius 1 is 1.10 bits per heavy atom. The largest absolute Gasteiger partial charge is 0.349 e. The molecule has 214 valence electrons. The number of fused-ring (bicyclic) bond motifs is 2. The van der Waals surface area contributed by atoms with Crippen molar-refractivity contribution in [3.8, 4) is 16.9 Å². The predicted octanol–water partition coefficient (Wildman–Crippen LogP) is 8.54. The molecule has 2 aromatic carbocycles. The van der Waals surface area contributed by atoms with Crippen molar-refractivity contribution < 1.29 is 4.79 Å². The zero-order chi connectivity index (χ0) is 28.5. The van der Waals surface area contributed by atoms with Crippen LogP contribution in [-0.2, 0) is 11.3 Å². The monoisotopic (exact) mass is 600 g/mol. The maximum Gasteiger partial charge on any atom is 0.234 e. The lowest BCUT2D eigenvalue weighted by Crippen LogP contribution is -2.56. The average molecular weight is 602 g/mol. The van der Waals surface area contributed by atoms with Crippen LogP contribution in [0, 0.1) is 18.3 Å². The molecule has 0 radical (unpaired) electrons. The molecule has 8 heteroatoms. The van der Waals surface area contributed by atoms with E-state index in [1.165, 1.54) is 32.1 Å². The highest BCUT2D eigenvalue weighted by Gasteiger charge is 2.47.